The molecule has 0 radical (unpaired) electrons. The predicted molar refractivity (Wildman–Crippen MR) is 88.9 cm³/mol. The molecule has 1 aromatic carbocycles. The zero-order valence-electron chi connectivity index (χ0n) is 13.0. The van der Waals surface area contributed by atoms with Crippen molar-refractivity contribution in [2.45, 2.75) is 38.6 Å². The van der Waals surface area contributed by atoms with Crippen LogP contribution in [0.3, 0.4) is 0 Å². The van der Waals surface area contributed by atoms with Crippen molar-refractivity contribution in [2.24, 2.45) is 5.92 Å². The lowest BCUT2D eigenvalue weighted by Gasteiger charge is -2.29. The molecule has 0 unspecified atom stereocenters. The Morgan fingerprint density at radius 3 is 2.76 bits per heavy atom. The number of hydrogen-bond donors (Lipinski definition) is 0. The van der Waals surface area contributed by atoms with Crippen molar-refractivity contribution >= 4 is 22.6 Å². The highest BCUT2D eigenvalue weighted by Crippen LogP contribution is 2.24. The van der Waals surface area contributed by atoms with Crippen LogP contribution in [0.2, 0.25) is 0 Å². The molecule has 0 atom stereocenters. The van der Waals surface area contributed by atoms with Crippen LogP contribution in [0.4, 0.5) is 0 Å². The minimum absolute atomic E-state index is 0.487. The molecule has 4 heteroatoms. The van der Waals surface area contributed by atoms with Gasteiger partial charge >= 0.3 is 0 Å². The number of aryl methyl sites for hydroxylation is 2. The Kier molecular flexibility index (Phi) is 4.51. The lowest BCUT2D eigenvalue weighted by molar-refractivity contribution is 0.208. The van der Waals surface area contributed by atoms with E-state index in [0.29, 0.717) is 5.88 Å². The van der Waals surface area contributed by atoms with Crippen molar-refractivity contribution in [1.82, 2.24) is 14.5 Å². The van der Waals surface area contributed by atoms with E-state index in [9.17, 15) is 0 Å². The van der Waals surface area contributed by atoms with E-state index in [0.717, 1.165) is 23.8 Å². The van der Waals surface area contributed by atoms with Crippen LogP contribution in [-0.4, -0.2) is 34.6 Å². The highest BCUT2D eigenvalue weighted by Gasteiger charge is 2.18. The molecule has 0 N–H and O–H groups in total. The van der Waals surface area contributed by atoms with Gasteiger partial charge in [-0.2, -0.15) is 0 Å². The summed E-state index contributed by atoms with van der Waals surface area (Å²) >= 11 is 6.09. The summed E-state index contributed by atoms with van der Waals surface area (Å²) in [7, 11) is 2.22. The number of hydrogen-bond acceptors (Lipinski definition) is 2. The van der Waals surface area contributed by atoms with Gasteiger partial charge in [0.15, 0.2) is 0 Å². The fourth-order valence-electron chi connectivity index (χ4n) is 3.30. The molecular formula is C17H24ClN3. The summed E-state index contributed by atoms with van der Waals surface area (Å²) in [5.41, 5.74) is 3.59. The van der Waals surface area contributed by atoms with Crippen molar-refractivity contribution in [3.63, 3.8) is 0 Å². The summed E-state index contributed by atoms with van der Waals surface area (Å²) < 4.78 is 2.33. The lowest BCUT2D eigenvalue weighted by Crippen LogP contribution is -2.30. The number of nitrogens with zero attached hydrogens (tertiary/aromatic N) is 3. The standard InChI is InChI=1S/C17H24ClN3/c1-13-3-4-15-16(11-13)21(17(12-18)19-15)10-7-14-5-8-20(2)9-6-14/h3-4,11,14H,5-10,12H2,1-2H3. The molecule has 2 aromatic rings. The van der Waals surface area contributed by atoms with Crippen LogP contribution in [0.25, 0.3) is 11.0 Å². The summed E-state index contributed by atoms with van der Waals surface area (Å²) in [5, 5.41) is 0. The molecule has 1 fully saturated rings. The first-order chi connectivity index (χ1) is 10.2. The summed E-state index contributed by atoms with van der Waals surface area (Å²) in [6.07, 6.45) is 3.87. The van der Waals surface area contributed by atoms with Gasteiger partial charge in [-0.05, 0) is 69.9 Å². The second kappa shape index (κ2) is 6.37. The fourth-order valence-corrected chi connectivity index (χ4v) is 3.50. The van der Waals surface area contributed by atoms with Crippen molar-refractivity contribution in [2.75, 3.05) is 20.1 Å². The van der Waals surface area contributed by atoms with Gasteiger partial charge in [-0.25, -0.2) is 4.98 Å². The molecule has 1 aliphatic heterocycles. The number of benzene rings is 1. The third kappa shape index (κ3) is 3.24. The molecule has 3 rings (SSSR count). The average molecular weight is 306 g/mol. The Balaban J connectivity index is 1.77. The van der Waals surface area contributed by atoms with Gasteiger partial charge in [-0.3, -0.25) is 0 Å². The Morgan fingerprint density at radius 2 is 2.05 bits per heavy atom. The number of imidazole rings is 1. The number of aromatic nitrogens is 2. The van der Waals surface area contributed by atoms with Gasteiger partial charge in [0.1, 0.15) is 5.82 Å². The van der Waals surface area contributed by atoms with Gasteiger partial charge in [0.25, 0.3) is 0 Å². The number of rotatable bonds is 4. The highest BCUT2D eigenvalue weighted by molar-refractivity contribution is 6.16. The third-order valence-corrected chi connectivity index (χ3v) is 4.94. The molecular weight excluding hydrogens is 282 g/mol. The summed E-state index contributed by atoms with van der Waals surface area (Å²) in [6.45, 7) is 5.64. The number of alkyl halides is 1. The number of halogens is 1. The SMILES string of the molecule is Cc1ccc2nc(CCl)n(CCC3CCN(C)CC3)c2c1. The Bertz CT molecular complexity index is 612. The topological polar surface area (TPSA) is 21.1 Å². The van der Waals surface area contributed by atoms with Gasteiger partial charge in [-0.15, -0.1) is 11.6 Å². The minimum Gasteiger partial charge on any atom is -0.327 e. The monoisotopic (exact) mass is 305 g/mol. The highest BCUT2D eigenvalue weighted by atomic mass is 35.5. The van der Waals surface area contributed by atoms with Gasteiger partial charge in [0, 0.05) is 6.54 Å². The third-order valence-electron chi connectivity index (χ3n) is 4.70. The van der Waals surface area contributed by atoms with Gasteiger partial charge in [0.05, 0.1) is 16.9 Å². The summed E-state index contributed by atoms with van der Waals surface area (Å²) in [5.74, 6) is 2.33. The number of likely N-dealkylation sites (tertiary alicyclic amines) is 1. The van der Waals surface area contributed by atoms with E-state index in [1.165, 1.54) is 43.4 Å². The smallest absolute Gasteiger partial charge is 0.124 e. The normalized spacial score (nSPS) is 17.7. The maximum atomic E-state index is 6.09. The molecule has 0 spiro atoms. The van der Waals surface area contributed by atoms with Crippen molar-refractivity contribution in [3.8, 4) is 0 Å². The molecule has 2 heterocycles. The van der Waals surface area contributed by atoms with E-state index in [-0.39, 0.29) is 0 Å². The van der Waals surface area contributed by atoms with Gasteiger partial charge in [-0.1, -0.05) is 6.07 Å². The quantitative estimate of drug-likeness (QED) is 0.801. The first kappa shape index (κ1) is 14.9. The second-order valence-corrected chi connectivity index (χ2v) is 6.61. The predicted octanol–water partition coefficient (Wildman–Crippen LogP) is 3.82. The molecule has 1 aromatic heterocycles. The maximum Gasteiger partial charge on any atom is 0.124 e. The molecule has 1 aliphatic rings. The van der Waals surface area contributed by atoms with E-state index in [1.54, 1.807) is 0 Å². The Morgan fingerprint density at radius 1 is 1.29 bits per heavy atom. The van der Waals surface area contributed by atoms with Crippen LogP contribution in [0.1, 0.15) is 30.7 Å². The van der Waals surface area contributed by atoms with Crippen LogP contribution >= 0.6 is 11.6 Å². The zero-order valence-corrected chi connectivity index (χ0v) is 13.7. The van der Waals surface area contributed by atoms with Crippen LogP contribution in [0, 0.1) is 12.8 Å². The second-order valence-electron chi connectivity index (χ2n) is 6.34. The van der Waals surface area contributed by atoms with Gasteiger partial charge in [0.2, 0.25) is 0 Å². The summed E-state index contributed by atoms with van der Waals surface area (Å²) in [6, 6.07) is 6.45. The van der Waals surface area contributed by atoms with E-state index in [2.05, 4.69) is 46.6 Å². The Labute approximate surface area is 131 Å². The molecule has 114 valence electrons. The van der Waals surface area contributed by atoms with Crippen LogP contribution in [0.5, 0.6) is 0 Å². The van der Waals surface area contributed by atoms with Crippen LogP contribution in [0.15, 0.2) is 18.2 Å². The average Bonchev–Trinajstić information content (AvgIpc) is 2.84. The zero-order chi connectivity index (χ0) is 14.8. The molecule has 3 nitrogen and oxygen atoms in total. The van der Waals surface area contributed by atoms with Crippen molar-refractivity contribution in [1.29, 1.82) is 0 Å². The Hall–Kier alpha value is -1.06. The van der Waals surface area contributed by atoms with E-state index < -0.39 is 0 Å². The largest absolute Gasteiger partial charge is 0.327 e. The molecule has 1 saturated heterocycles. The first-order valence-electron chi connectivity index (χ1n) is 7.87. The number of fused-ring (bicyclic) bond motifs is 1. The minimum atomic E-state index is 0.487. The molecule has 0 aliphatic carbocycles. The van der Waals surface area contributed by atoms with Crippen LogP contribution in [-0.2, 0) is 12.4 Å². The van der Waals surface area contributed by atoms with Gasteiger partial charge < -0.3 is 9.47 Å². The van der Waals surface area contributed by atoms with Crippen molar-refractivity contribution in [3.05, 3.63) is 29.6 Å². The van der Waals surface area contributed by atoms with E-state index >= 15 is 0 Å². The van der Waals surface area contributed by atoms with Crippen LogP contribution < -0.4 is 0 Å². The first-order valence-corrected chi connectivity index (χ1v) is 8.41. The summed E-state index contributed by atoms with van der Waals surface area (Å²) in [4.78, 5) is 7.10. The van der Waals surface area contributed by atoms with E-state index in [1.807, 2.05) is 0 Å². The maximum absolute atomic E-state index is 6.09. The lowest BCUT2D eigenvalue weighted by atomic mass is 9.94. The molecule has 0 bridgehead atoms. The molecule has 0 amide bonds. The number of piperidine rings is 1. The molecule has 0 saturated carbocycles. The van der Waals surface area contributed by atoms with Crippen molar-refractivity contribution < 1.29 is 0 Å². The van der Waals surface area contributed by atoms with E-state index in [4.69, 9.17) is 11.6 Å². The fraction of sp³-hybridized carbons (Fsp3) is 0.588. The molecule has 21 heavy (non-hydrogen) atoms.